The molecule has 0 aliphatic heterocycles. The number of nitrogens with zero attached hydrogens (tertiary/aromatic N) is 3. The molecule has 0 bridgehead atoms. The highest BCUT2D eigenvalue weighted by Crippen LogP contribution is 2.03. The molecule has 0 aromatic carbocycles. The number of amidine groups is 1. The van der Waals surface area contributed by atoms with Gasteiger partial charge in [0.1, 0.15) is 0 Å². The van der Waals surface area contributed by atoms with Crippen LogP contribution in [0.4, 0.5) is 0 Å². The van der Waals surface area contributed by atoms with Crippen LogP contribution in [0.15, 0.2) is 16.1 Å². The lowest BCUT2D eigenvalue weighted by Gasteiger charge is -2.11. The maximum Gasteiger partial charge on any atom is 0.231 e. The first-order valence-corrected chi connectivity index (χ1v) is 4.69. The third-order valence-electron chi connectivity index (χ3n) is 2.02. The molecular weight excluding hydrogens is 214 g/mol. The van der Waals surface area contributed by atoms with Crippen molar-refractivity contribution in [2.75, 3.05) is 0 Å². The molecule has 88 valence electrons. The molecule has 4 N–H and O–H groups in total. The van der Waals surface area contributed by atoms with Crippen LogP contribution >= 0.6 is 0 Å². The minimum absolute atomic E-state index is 0.117. The fourth-order valence-electron chi connectivity index (χ4n) is 1.16. The maximum atomic E-state index is 11.6. The Morgan fingerprint density at radius 3 is 3.06 bits per heavy atom. The summed E-state index contributed by atoms with van der Waals surface area (Å²) in [5, 5.41) is 17.4. The van der Waals surface area contributed by atoms with Gasteiger partial charge in [-0.15, -0.1) is 0 Å². The van der Waals surface area contributed by atoms with Gasteiger partial charge in [0.25, 0.3) is 0 Å². The number of hydrogen-bond donors (Lipinski definition) is 3. The Labute approximate surface area is 91.5 Å². The van der Waals surface area contributed by atoms with Gasteiger partial charge in [0.15, 0.2) is 11.7 Å². The summed E-state index contributed by atoms with van der Waals surface area (Å²) in [6.07, 6.45) is 1.61. The molecule has 0 aliphatic rings. The van der Waals surface area contributed by atoms with Crippen LogP contribution in [0.3, 0.4) is 0 Å². The molecule has 1 unspecified atom stereocenters. The summed E-state index contributed by atoms with van der Waals surface area (Å²) >= 11 is 0. The molecule has 1 heterocycles. The van der Waals surface area contributed by atoms with Gasteiger partial charge in [-0.25, -0.2) is 0 Å². The lowest BCUT2D eigenvalue weighted by atomic mass is 10.1. The monoisotopic (exact) mass is 227 g/mol. The van der Waals surface area contributed by atoms with Gasteiger partial charge in [-0.2, -0.15) is 4.98 Å². The van der Waals surface area contributed by atoms with E-state index in [0.717, 1.165) is 0 Å². The molecule has 0 radical (unpaired) electrons. The molecule has 1 aromatic rings. The molecule has 1 amide bonds. The van der Waals surface area contributed by atoms with Crippen molar-refractivity contribution in [1.82, 2.24) is 15.5 Å². The van der Waals surface area contributed by atoms with Crippen LogP contribution in [-0.4, -0.2) is 27.1 Å². The Morgan fingerprint density at radius 2 is 2.56 bits per heavy atom. The Kier molecular flexibility index (Phi) is 4.25. The number of amides is 1. The van der Waals surface area contributed by atoms with E-state index in [2.05, 4.69) is 25.1 Å². The summed E-state index contributed by atoms with van der Waals surface area (Å²) in [4.78, 5) is 15.3. The smallest absolute Gasteiger partial charge is 0.231 e. The summed E-state index contributed by atoms with van der Waals surface area (Å²) in [5.74, 6) is -0.754. The third-order valence-corrected chi connectivity index (χ3v) is 2.02. The molecule has 0 fully saturated rings. The molecule has 1 rings (SSSR count). The predicted octanol–water partition coefficient (Wildman–Crippen LogP) is -0.542. The van der Waals surface area contributed by atoms with Crippen LogP contribution in [0, 0.1) is 5.92 Å². The van der Waals surface area contributed by atoms with E-state index in [1.165, 1.54) is 6.39 Å². The van der Waals surface area contributed by atoms with Crippen LogP contribution in [0.2, 0.25) is 0 Å². The van der Waals surface area contributed by atoms with Crippen molar-refractivity contribution >= 4 is 11.7 Å². The van der Waals surface area contributed by atoms with Crippen molar-refractivity contribution in [1.29, 1.82) is 0 Å². The topological polar surface area (TPSA) is 127 Å². The van der Waals surface area contributed by atoms with E-state index in [0.29, 0.717) is 12.2 Å². The SMILES string of the molecule is CCC(C(=O)NCc1ncon1)C(N)=NO. The minimum atomic E-state index is -0.656. The largest absolute Gasteiger partial charge is 0.409 e. The van der Waals surface area contributed by atoms with Crippen molar-refractivity contribution in [3.63, 3.8) is 0 Å². The zero-order chi connectivity index (χ0) is 12.0. The number of carbonyl (C=O) groups is 1. The van der Waals surface area contributed by atoms with Crippen molar-refractivity contribution < 1.29 is 14.5 Å². The highest BCUT2D eigenvalue weighted by atomic mass is 16.5. The highest BCUT2D eigenvalue weighted by Gasteiger charge is 2.21. The van der Waals surface area contributed by atoms with Gasteiger partial charge in [-0.3, -0.25) is 4.79 Å². The molecule has 8 heteroatoms. The molecule has 0 spiro atoms. The fourth-order valence-corrected chi connectivity index (χ4v) is 1.16. The summed E-state index contributed by atoms with van der Waals surface area (Å²) in [6, 6.07) is 0. The number of rotatable bonds is 5. The van der Waals surface area contributed by atoms with Gasteiger partial charge >= 0.3 is 0 Å². The van der Waals surface area contributed by atoms with E-state index in [-0.39, 0.29) is 18.3 Å². The maximum absolute atomic E-state index is 11.6. The number of nitrogens with two attached hydrogens (primary N) is 1. The summed E-state index contributed by atoms with van der Waals surface area (Å²) in [6.45, 7) is 1.90. The van der Waals surface area contributed by atoms with Crippen molar-refractivity contribution in [3.05, 3.63) is 12.2 Å². The Bertz CT molecular complexity index is 362. The van der Waals surface area contributed by atoms with Crippen LogP contribution in [0.25, 0.3) is 0 Å². The second-order valence-corrected chi connectivity index (χ2v) is 3.05. The fraction of sp³-hybridized carbons (Fsp3) is 0.500. The van der Waals surface area contributed by atoms with Crippen LogP contribution in [0.5, 0.6) is 0 Å². The van der Waals surface area contributed by atoms with E-state index in [1.807, 2.05) is 0 Å². The zero-order valence-corrected chi connectivity index (χ0v) is 8.75. The molecule has 16 heavy (non-hydrogen) atoms. The van der Waals surface area contributed by atoms with Crippen LogP contribution in [-0.2, 0) is 11.3 Å². The number of aromatic nitrogens is 2. The quantitative estimate of drug-likeness (QED) is 0.268. The summed E-state index contributed by atoms with van der Waals surface area (Å²) in [5.41, 5.74) is 5.37. The van der Waals surface area contributed by atoms with Gasteiger partial charge < -0.3 is 20.8 Å². The number of nitrogens with one attached hydrogen (secondary N) is 1. The molecule has 0 aliphatic carbocycles. The van der Waals surface area contributed by atoms with Crippen molar-refractivity contribution in [2.24, 2.45) is 16.8 Å². The average Bonchev–Trinajstić information content (AvgIpc) is 2.79. The third kappa shape index (κ3) is 2.94. The Balaban J connectivity index is 2.50. The van der Waals surface area contributed by atoms with E-state index in [1.54, 1.807) is 6.92 Å². The second kappa shape index (κ2) is 5.69. The second-order valence-electron chi connectivity index (χ2n) is 3.05. The molecule has 0 saturated carbocycles. The van der Waals surface area contributed by atoms with Gasteiger partial charge in [0.05, 0.1) is 12.5 Å². The normalized spacial score (nSPS) is 13.4. The average molecular weight is 227 g/mol. The number of oxime groups is 1. The Morgan fingerprint density at radius 1 is 1.81 bits per heavy atom. The van der Waals surface area contributed by atoms with Gasteiger partial charge in [0.2, 0.25) is 12.3 Å². The molecular formula is C8H13N5O3. The highest BCUT2D eigenvalue weighted by molar-refractivity contribution is 6.01. The van der Waals surface area contributed by atoms with Gasteiger partial charge in [0, 0.05) is 0 Å². The summed E-state index contributed by atoms with van der Waals surface area (Å²) in [7, 11) is 0. The first-order chi connectivity index (χ1) is 7.69. The molecule has 1 aromatic heterocycles. The van der Waals surface area contributed by atoms with Crippen LogP contribution in [0.1, 0.15) is 19.2 Å². The van der Waals surface area contributed by atoms with Crippen molar-refractivity contribution in [2.45, 2.75) is 19.9 Å². The lowest BCUT2D eigenvalue weighted by molar-refractivity contribution is -0.123. The first kappa shape index (κ1) is 12.0. The Hall–Kier alpha value is -2.12. The van der Waals surface area contributed by atoms with Gasteiger partial charge in [-0.05, 0) is 6.42 Å². The summed E-state index contributed by atoms with van der Waals surface area (Å²) < 4.78 is 4.50. The van der Waals surface area contributed by atoms with E-state index >= 15 is 0 Å². The van der Waals surface area contributed by atoms with Crippen LogP contribution < -0.4 is 11.1 Å². The standard InChI is InChI=1S/C8H13N5O3/c1-2-5(7(9)12-15)8(14)10-3-6-11-4-16-13-6/h4-5,15H,2-3H2,1H3,(H2,9,12)(H,10,14). The number of carbonyl (C=O) groups excluding carboxylic acids is 1. The molecule has 0 saturated heterocycles. The van der Waals surface area contributed by atoms with E-state index in [9.17, 15) is 4.79 Å². The minimum Gasteiger partial charge on any atom is -0.409 e. The van der Waals surface area contributed by atoms with Gasteiger partial charge in [-0.1, -0.05) is 17.2 Å². The first-order valence-electron chi connectivity index (χ1n) is 4.69. The molecule has 8 nitrogen and oxygen atoms in total. The number of hydrogen-bond acceptors (Lipinski definition) is 6. The lowest BCUT2D eigenvalue weighted by Crippen LogP contribution is -2.38. The zero-order valence-electron chi connectivity index (χ0n) is 8.75. The van der Waals surface area contributed by atoms with E-state index < -0.39 is 5.92 Å². The van der Waals surface area contributed by atoms with E-state index in [4.69, 9.17) is 10.9 Å². The predicted molar refractivity (Wildman–Crippen MR) is 53.3 cm³/mol. The van der Waals surface area contributed by atoms with Crippen molar-refractivity contribution in [3.8, 4) is 0 Å². The molecule has 1 atom stereocenters.